The molecule has 0 radical (unpaired) electrons. The summed E-state index contributed by atoms with van der Waals surface area (Å²) in [5.41, 5.74) is 3.68. The summed E-state index contributed by atoms with van der Waals surface area (Å²) in [4.78, 5) is 5.63. The quantitative estimate of drug-likeness (QED) is 0.320. The number of hydrogen-bond acceptors (Lipinski definition) is 3. The maximum atomic E-state index is 4.28. The zero-order chi connectivity index (χ0) is 17.5. The topological polar surface area (TPSA) is 54.2 Å². The lowest BCUT2D eigenvalue weighted by atomic mass is 10.1. The van der Waals surface area contributed by atoms with Gasteiger partial charge in [-0.3, -0.25) is 4.99 Å². The molecule has 2 heterocycles. The van der Waals surface area contributed by atoms with Gasteiger partial charge < -0.3 is 10.6 Å². The monoisotopic (exact) mass is 481 g/mol. The van der Waals surface area contributed by atoms with E-state index in [-0.39, 0.29) is 24.0 Å². The van der Waals surface area contributed by atoms with E-state index in [0.29, 0.717) is 0 Å². The number of guanidine groups is 1. The van der Waals surface area contributed by atoms with E-state index in [1.54, 1.807) is 24.6 Å². The van der Waals surface area contributed by atoms with Gasteiger partial charge in [0.25, 0.3) is 0 Å². The summed E-state index contributed by atoms with van der Waals surface area (Å²) in [6.45, 7) is 3.78. The van der Waals surface area contributed by atoms with Crippen LogP contribution in [0.3, 0.4) is 0 Å². The predicted octanol–water partition coefficient (Wildman–Crippen LogP) is 3.77. The van der Waals surface area contributed by atoms with Crippen molar-refractivity contribution in [3.8, 4) is 5.69 Å². The van der Waals surface area contributed by atoms with Gasteiger partial charge in [0, 0.05) is 30.9 Å². The van der Waals surface area contributed by atoms with Crippen LogP contribution in [0.5, 0.6) is 0 Å². The fourth-order valence-corrected chi connectivity index (χ4v) is 3.38. The highest BCUT2D eigenvalue weighted by atomic mass is 127. The molecule has 7 heteroatoms. The molecule has 0 unspecified atom stereocenters. The lowest BCUT2D eigenvalue weighted by Gasteiger charge is -2.12. The van der Waals surface area contributed by atoms with Crippen LogP contribution in [0.2, 0.25) is 0 Å². The number of rotatable bonds is 6. The minimum Gasteiger partial charge on any atom is -0.356 e. The summed E-state index contributed by atoms with van der Waals surface area (Å²) in [7, 11) is 1.80. The smallest absolute Gasteiger partial charge is 0.191 e. The number of hydrogen-bond donors (Lipinski definition) is 2. The normalized spacial score (nSPS) is 11.1. The van der Waals surface area contributed by atoms with Crippen LogP contribution in [0.1, 0.15) is 16.0 Å². The van der Waals surface area contributed by atoms with Gasteiger partial charge in [-0.05, 0) is 54.1 Å². The minimum atomic E-state index is 0. The van der Waals surface area contributed by atoms with E-state index in [4.69, 9.17) is 0 Å². The number of aromatic nitrogens is 2. The van der Waals surface area contributed by atoms with E-state index in [1.807, 2.05) is 16.9 Å². The first-order valence-electron chi connectivity index (χ1n) is 8.32. The van der Waals surface area contributed by atoms with Gasteiger partial charge in [-0.1, -0.05) is 12.1 Å². The zero-order valence-electron chi connectivity index (χ0n) is 15.0. The summed E-state index contributed by atoms with van der Waals surface area (Å²) < 4.78 is 1.86. The van der Waals surface area contributed by atoms with Gasteiger partial charge in [0.05, 0.1) is 12.2 Å². The SMILES string of the molecule is CN=C(NCCc1ccc(-n2cccn2)cc1)NCc1sccc1C.I. The average molecular weight is 481 g/mol. The molecule has 0 spiro atoms. The third-order valence-electron chi connectivity index (χ3n) is 4.02. The molecule has 26 heavy (non-hydrogen) atoms. The van der Waals surface area contributed by atoms with Gasteiger partial charge in [-0.15, -0.1) is 35.3 Å². The number of nitrogens with one attached hydrogen (secondary N) is 2. The number of aliphatic imine (C=N–C) groups is 1. The Morgan fingerprint density at radius 2 is 2.00 bits per heavy atom. The van der Waals surface area contributed by atoms with E-state index < -0.39 is 0 Å². The standard InChI is InChI=1S/C19H23N5S.HI/c1-15-9-13-25-18(15)14-22-19(20-2)21-11-8-16-4-6-17(7-5-16)24-12-3-10-23-24;/h3-7,9-10,12-13H,8,11,14H2,1-2H3,(H2,20,21,22);1H. The van der Waals surface area contributed by atoms with Gasteiger partial charge in [0.2, 0.25) is 0 Å². The van der Waals surface area contributed by atoms with Crippen LogP contribution in [-0.4, -0.2) is 29.3 Å². The van der Waals surface area contributed by atoms with Crippen LogP contribution in [-0.2, 0) is 13.0 Å². The first-order chi connectivity index (χ1) is 12.3. The molecular weight excluding hydrogens is 457 g/mol. The Bertz CT molecular complexity index is 809. The Morgan fingerprint density at radius 1 is 1.19 bits per heavy atom. The van der Waals surface area contributed by atoms with Gasteiger partial charge in [-0.25, -0.2) is 4.68 Å². The van der Waals surface area contributed by atoms with Crippen molar-refractivity contribution in [2.45, 2.75) is 19.9 Å². The second-order valence-corrected chi connectivity index (χ2v) is 6.75. The number of benzene rings is 1. The summed E-state index contributed by atoms with van der Waals surface area (Å²) in [6.07, 6.45) is 4.67. The number of thiophene rings is 1. The molecule has 0 bridgehead atoms. The molecule has 138 valence electrons. The zero-order valence-corrected chi connectivity index (χ0v) is 18.1. The van der Waals surface area contributed by atoms with E-state index in [2.05, 4.69) is 63.4 Å². The second-order valence-electron chi connectivity index (χ2n) is 5.75. The molecule has 0 aliphatic rings. The minimum absolute atomic E-state index is 0. The Hall–Kier alpha value is -1.87. The van der Waals surface area contributed by atoms with Crippen LogP contribution in [0.15, 0.2) is 59.2 Å². The van der Waals surface area contributed by atoms with Gasteiger partial charge >= 0.3 is 0 Å². The molecule has 1 aromatic carbocycles. The first kappa shape index (κ1) is 20.4. The molecule has 0 aliphatic heterocycles. The third-order valence-corrected chi connectivity index (χ3v) is 5.04. The molecule has 0 saturated carbocycles. The Kier molecular flexibility index (Phi) is 8.11. The van der Waals surface area contributed by atoms with Crippen LogP contribution in [0.25, 0.3) is 5.69 Å². The summed E-state index contributed by atoms with van der Waals surface area (Å²) in [5, 5.41) is 13.1. The van der Waals surface area contributed by atoms with E-state index in [0.717, 1.165) is 31.2 Å². The van der Waals surface area contributed by atoms with Gasteiger partial charge in [0.1, 0.15) is 0 Å². The lowest BCUT2D eigenvalue weighted by Crippen LogP contribution is -2.37. The molecule has 0 atom stereocenters. The third kappa shape index (κ3) is 5.57. The Labute approximate surface area is 175 Å². The van der Waals surface area contributed by atoms with Crippen LogP contribution >= 0.6 is 35.3 Å². The maximum Gasteiger partial charge on any atom is 0.191 e. The summed E-state index contributed by atoms with van der Waals surface area (Å²) in [5.74, 6) is 0.834. The highest BCUT2D eigenvalue weighted by molar-refractivity contribution is 14.0. The molecule has 0 amide bonds. The van der Waals surface area contributed by atoms with Crippen molar-refractivity contribution in [3.05, 3.63) is 70.2 Å². The largest absolute Gasteiger partial charge is 0.356 e. The van der Waals surface area contributed by atoms with Crippen LogP contribution in [0.4, 0.5) is 0 Å². The molecule has 3 rings (SSSR count). The number of aryl methyl sites for hydroxylation is 1. The van der Waals surface area contributed by atoms with Crippen molar-refractivity contribution in [1.29, 1.82) is 0 Å². The van der Waals surface area contributed by atoms with Crippen molar-refractivity contribution in [2.75, 3.05) is 13.6 Å². The van der Waals surface area contributed by atoms with E-state index in [1.165, 1.54) is 16.0 Å². The fourth-order valence-electron chi connectivity index (χ4n) is 2.53. The molecule has 0 fully saturated rings. The fraction of sp³-hybridized carbons (Fsp3) is 0.263. The van der Waals surface area contributed by atoms with Gasteiger partial charge in [0.15, 0.2) is 5.96 Å². The molecule has 2 aromatic heterocycles. The van der Waals surface area contributed by atoms with Crippen LogP contribution < -0.4 is 10.6 Å². The van der Waals surface area contributed by atoms with Gasteiger partial charge in [-0.2, -0.15) is 5.10 Å². The molecule has 2 N–H and O–H groups in total. The van der Waals surface area contributed by atoms with Crippen LogP contribution in [0, 0.1) is 6.92 Å². The van der Waals surface area contributed by atoms with Crippen molar-refractivity contribution in [2.24, 2.45) is 4.99 Å². The highest BCUT2D eigenvalue weighted by Gasteiger charge is 2.02. The van der Waals surface area contributed by atoms with Crippen molar-refractivity contribution >= 4 is 41.3 Å². The van der Waals surface area contributed by atoms with Crippen molar-refractivity contribution in [3.63, 3.8) is 0 Å². The van der Waals surface area contributed by atoms with Crippen molar-refractivity contribution in [1.82, 2.24) is 20.4 Å². The van der Waals surface area contributed by atoms with E-state index >= 15 is 0 Å². The number of nitrogens with zero attached hydrogens (tertiary/aromatic N) is 3. The average Bonchev–Trinajstić information content (AvgIpc) is 3.30. The second kappa shape index (κ2) is 10.3. The van der Waals surface area contributed by atoms with E-state index in [9.17, 15) is 0 Å². The first-order valence-corrected chi connectivity index (χ1v) is 9.20. The number of halogens is 1. The Morgan fingerprint density at radius 3 is 2.62 bits per heavy atom. The highest BCUT2D eigenvalue weighted by Crippen LogP contribution is 2.14. The predicted molar refractivity (Wildman–Crippen MR) is 120 cm³/mol. The summed E-state index contributed by atoms with van der Waals surface area (Å²) in [6, 6.07) is 12.5. The molecule has 0 aliphatic carbocycles. The molecule has 3 aromatic rings. The maximum absolute atomic E-state index is 4.28. The summed E-state index contributed by atoms with van der Waals surface area (Å²) >= 11 is 1.77. The molecule has 0 saturated heterocycles. The molecular formula is C19H24IN5S. The Balaban J connectivity index is 0.00000243. The van der Waals surface area contributed by atoms with Crippen molar-refractivity contribution < 1.29 is 0 Å². The molecule has 5 nitrogen and oxygen atoms in total. The lowest BCUT2D eigenvalue weighted by molar-refractivity contribution is 0.797.